The van der Waals surface area contributed by atoms with Crippen molar-refractivity contribution < 1.29 is 0 Å². The van der Waals surface area contributed by atoms with Gasteiger partial charge in [0.25, 0.3) is 0 Å². The van der Waals surface area contributed by atoms with Gasteiger partial charge in [0.1, 0.15) is 10.0 Å². The molecule has 1 atom stereocenters. The van der Waals surface area contributed by atoms with Crippen molar-refractivity contribution in [3.05, 3.63) is 29.1 Å². The maximum Gasteiger partial charge on any atom is 0.121 e. The van der Waals surface area contributed by atoms with Gasteiger partial charge in [-0.3, -0.25) is 0 Å². The summed E-state index contributed by atoms with van der Waals surface area (Å²) in [4.78, 5) is 4.34. The molecule has 17 heavy (non-hydrogen) atoms. The lowest BCUT2D eigenvalue weighted by molar-refractivity contribution is 0.607. The van der Waals surface area contributed by atoms with E-state index in [0.717, 1.165) is 29.4 Å². The molecule has 1 heterocycles. The Labute approximate surface area is 106 Å². The highest BCUT2D eigenvalue weighted by atomic mass is 32.1. The quantitative estimate of drug-likeness (QED) is 0.862. The smallest absolute Gasteiger partial charge is 0.121 e. The van der Waals surface area contributed by atoms with E-state index in [4.69, 9.17) is 5.73 Å². The van der Waals surface area contributed by atoms with Gasteiger partial charge >= 0.3 is 0 Å². The van der Waals surface area contributed by atoms with Crippen LogP contribution >= 0.6 is 11.3 Å². The molecule has 0 radical (unpaired) electrons. The number of nitrogen functional groups attached to an aromatic ring is 1. The van der Waals surface area contributed by atoms with E-state index >= 15 is 0 Å². The van der Waals surface area contributed by atoms with Crippen LogP contribution in [0, 0.1) is 5.92 Å². The fourth-order valence-corrected chi connectivity index (χ4v) is 2.68. The third-order valence-corrected chi connectivity index (χ3v) is 3.80. The van der Waals surface area contributed by atoms with Crippen molar-refractivity contribution in [1.29, 1.82) is 0 Å². The first-order valence-corrected chi connectivity index (χ1v) is 6.88. The van der Waals surface area contributed by atoms with E-state index in [-0.39, 0.29) is 0 Å². The molecule has 3 nitrogen and oxygen atoms in total. The molecule has 1 aromatic rings. The van der Waals surface area contributed by atoms with E-state index in [1.165, 1.54) is 11.3 Å². The van der Waals surface area contributed by atoms with Crippen LogP contribution in [0.1, 0.15) is 31.7 Å². The number of anilines is 1. The summed E-state index contributed by atoms with van der Waals surface area (Å²) in [7, 11) is 0. The average molecular weight is 249 g/mol. The first kappa shape index (κ1) is 12.2. The fraction of sp³-hybridized carbons (Fsp3) is 0.462. The molecule has 0 aromatic carbocycles. The SMILES string of the molecule is CCCNC1=CC=C(c2ncc(N)s2)CC1C. The zero-order chi connectivity index (χ0) is 12.3. The zero-order valence-electron chi connectivity index (χ0n) is 10.4. The van der Waals surface area contributed by atoms with E-state index in [0.29, 0.717) is 5.92 Å². The standard InChI is InChI=1S/C13H19N3S/c1-3-6-15-11-5-4-10(7-9(11)2)13-16-8-12(14)17-13/h4-5,8-9,15H,3,6-7,14H2,1-2H3. The van der Waals surface area contributed by atoms with E-state index in [1.807, 2.05) is 0 Å². The Morgan fingerprint density at radius 1 is 1.53 bits per heavy atom. The van der Waals surface area contributed by atoms with E-state index < -0.39 is 0 Å². The van der Waals surface area contributed by atoms with Crippen LogP contribution in [0.5, 0.6) is 0 Å². The lowest BCUT2D eigenvalue weighted by atomic mass is 9.93. The summed E-state index contributed by atoms with van der Waals surface area (Å²) < 4.78 is 0. The van der Waals surface area contributed by atoms with Crippen molar-refractivity contribution in [2.24, 2.45) is 5.92 Å². The normalized spacial score (nSPS) is 19.8. The summed E-state index contributed by atoms with van der Waals surface area (Å²) in [6, 6.07) is 0. The lowest BCUT2D eigenvalue weighted by Gasteiger charge is -2.22. The van der Waals surface area contributed by atoms with Crippen molar-refractivity contribution >= 4 is 21.9 Å². The van der Waals surface area contributed by atoms with Gasteiger partial charge in [-0.05, 0) is 30.4 Å². The molecule has 0 spiro atoms. The number of hydrogen-bond acceptors (Lipinski definition) is 4. The predicted molar refractivity (Wildman–Crippen MR) is 74.7 cm³/mol. The second-order valence-electron chi connectivity index (χ2n) is 4.41. The number of aromatic nitrogens is 1. The van der Waals surface area contributed by atoms with Gasteiger partial charge in [-0.1, -0.05) is 31.3 Å². The van der Waals surface area contributed by atoms with Crippen LogP contribution < -0.4 is 11.1 Å². The van der Waals surface area contributed by atoms with Gasteiger partial charge in [0, 0.05) is 12.2 Å². The summed E-state index contributed by atoms with van der Waals surface area (Å²) in [6.07, 6.45) is 8.27. The Kier molecular flexibility index (Phi) is 3.84. The van der Waals surface area contributed by atoms with Crippen LogP contribution in [0.25, 0.3) is 5.57 Å². The van der Waals surface area contributed by atoms with Crippen molar-refractivity contribution in [2.75, 3.05) is 12.3 Å². The highest BCUT2D eigenvalue weighted by Gasteiger charge is 2.17. The van der Waals surface area contributed by atoms with Gasteiger partial charge in [0.15, 0.2) is 0 Å². The van der Waals surface area contributed by atoms with E-state index in [2.05, 4.69) is 36.3 Å². The summed E-state index contributed by atoms with van der Waals surface area (Å²) >= 11 is 1.56. The highest BCUT2D eigenvalue weighted by Crippen LogP contribution is 2.32. The first-order chi connectivity index (χ1) is 8.20. The second-order valence-corrected chi connectivity index (χ2v) is 5.48. The molecule has 1 unspecified atom stereocenters. The number of rotatable bonds is 4. The van der Waals surface area contributed by atoms with Crippen LogP contribution in [0.2, 0.25) is 0 Å². The molecule has 1 aliphatic rings. The Hall–Kier alpha value is -1.29. The number of nitrogens with two attached hydrogens (primary N) is 1. The summed E-state index contributed by atoms with van der Waals surface area (Å²) in [5, 5.41) is 5.31. The minimum Gasteiger partial charge on any atom is -0.389 e. The summed E-state index contributed by atoms with van der Waals surface area (Å²) in [5.74, 6) is 0.534. The van der Waals surface area contributed by atoms with Crippen molar-refractivity contribution in [2.45, 2.75) is 26.7 Å². The van der Waals surface area contributed by atoms with Gasteiger partial charge in [0.05, 0.1) is 6.20 Å². The largest absolute Gasteiger partial charge is 0.389 e. The maximum atomic E-state index is 5.71. The molecule has 1 aliphatic carbocycles. The van der Waals surface area contributed by atoms with Crippen LogP contribution in [0.15, 0.2) is 24.0 Å². The number of hydrogen-bond donors (Lipinski definition) is 2. The molecule has 0 saturated carbocycles. The molecule has 0 fully saturated rings. The molecule has 0 aliphatic heterocycles. The Morgan fingerprint density at radius 3 is 2.94 bits per heavy atom. The number of nitrogens with zero attached hydrogens (tertiary/aromatic N) is 1. The summed E-state index contributed by atoms with van der Waals surface area (Å²) in [5.41, 5.74) is 8.34. The van der Waals surface area contributed by atoms with Crippen LogP contribution in [0.4, 0.5) is 5.00 Å². The maximum absolute atomic E-state index is 5.71. The van der Waals surface area contributed by atoms with Crippen molar-refractivity contribution in [3.63, 3.8) is 0 Å². The monoisotopic (exact) mass is 249 g/mol. The van der Waals surface area contributed by atoms with Crippen LogP contribution in [-0.4, -0.2) is 11.5 Å². The minimum atomic E-state index is 0.534. The Balaban J connectivity index is 2.12. The van der Waals surface area contributed by atoms with Crippen molar-refractivity contribution in [1.82, 2.24) is 10.3 Å². The zero-order valence-corrected chi connectivity index (χ0v) is 11.2. The molecule has 92 valence electrons. The summed E-state index contributed by atoms with van der Waals surface area (Å²) in [6.45, 7) is 5.47. The molecular formula is C13H19N3S. The molecule has 0 bridgehead atoms. The molecule has 4 heteroatoms. The molecule has 0 saturated heterocycles. The third-order valence-electron chi connectivity index (χ3n) is 2.90. The minimum absolute atomic E-state index is 0.534. The van der Waals surface area contributed by atoms with Gasteiger partial charge in [0.2, 0.25) is 0 Å². The molecule has 3 N–H and O–H groups in total. The first-order valence-electron chi connectivity index (χ1n) is 6.07. The number of allylic oxidation sites excluding steroid dienone is 4. The van der Waals surface area contributed by atoms with Gasteiger partial charge in [-0.2, -0.15) is 0 Å². The predicted octanol–water partition coefficient (Wildman–Crippen LogP) is 3.03. The highest BCUT2D eigenvalue weighted by molar-refractivity contribution is 7.16. The van der Waals surface area contributed by atoms with Gasteiger partial charge in [-0.15, -0.1) is 0 Å². The van der Waals surface area contributed by atoms with E-state index in [1.54, 1.807) is 17.5 Å². The molecule has 1 aromatic heterocycles. The van der Waals surface area contributed by atoms with Crippen molar-refractivity contribution in [3.8, 4) is 0 Å². The Morgan fingerprint density at radius 2 is 2.35 bits per heavy atom. The molecule has 0 amide bonds. The fourth-order valence-electron chi connectivity index (χ4n) is 1.96. The topological polar surface area (TPSA) is 50.9 Å². The number of nitrogens with one attached hydrogen (secondary N) is 1. The lowest BCUT2D eigenvalue weighted by Crippen LogP contribution is -2.21. The van der Waals surface area contributed by atoms with Gasteiger partial charge < -0.3 is 11.1 Å². The average Bonchev–Trinajstić information content (AvgIpc) is 2.74. The van der Waals surface area contributed by atoms with E-state index in [9.17, 15) is 0 Å². The Bertz CT molecular complexity index is 445. The molecular weight excluding hydrogens is 230 g/mol. The van der Waals surface area contributed by atoms with Crippen LogP contribution in [-0.2, 0) is 0 Å². The number of thiazole rings is 1. The van der Waals surface area contributed by atoms with Crippen LogP contribution in [0.3, 0.4) is 0 Å². The van der Waals surface area contributed by atoms with Gasteiger partial charge in [-0.25, -0.2) is 4.98 Å². The third kappa shape index (κ3) is 2.88. The molecule has 2 rings (SSSR count). The second kappa shape index (κ2) is 5.36.